The first-order valence-electron chi connectivity index (χ1n) is 7.69. The second-order valence-electron chi connectivity index (χ2n) is 5.33. The van der Waals surface area contributed by atoms with Crippen LogP contribution in [0.4, 0.5) is 24.7 Å². The van der Waals surface area contributed by atoms with Gasteiger partial charge in [-0.25, -0.2) is 9.97 Å². The highest BCUT2D eigenvalue weighted by atomic mass is 19.4. The fourth-order valence-electron chi connectivity index (χ4n) is 2.61. The van der Waals surface area contributed by atoms with Crippen molar-refractivity contribution in [3.05, 3.63) is 54.4 Å². The van der Waals surface area contributed by atoms with E-state index in [4.69, 9.17) is 4.74 Å². The van der Waals surface area contributed by atoms with Crippen LogP contribution < -0.4 is 9.64 Å². The van der Waals surface area contributed by atoms with Gasteiger partial charge in [-0.15, -0.1) is 0 Å². The maximum atomic E-state index is 13.2. The molecule has 0 aliphatic carbocycles. The van der Waals surface area contributed by atoms with Gasteiger partial charge >= 0.3 is 6.18 Å². The molecular formula is C18H16F3N3O. The largest absolute Gasteiger partial charge is 0.497 e. The molecule has 0 unspecified atom stereocenters. The fraction of sp³-hybridized carbons (Fsp3) is 0.222. The molecule has 25 heavy (non-hydrogen) atoms. The second-order valence-corrected chi connectivity index (χ2v) is 5.33. The Morgan fingerprint density at radius 3 is 2.28 bits per heavy atom. The average Bonchev–Trinajstić information content (AvgIpc) is 2.62. The molecule has 0 saturated heterocycles. The number of hydrogen-bond donors (Lipinski definition) is 0. The van der Waals surface area contributed by atoms with Crippen molar-refractivity contribution in [3.63, 3.8) is 0 Å². The molecule has 0 aliphatic heterocycles. The van der Waals surface area contributed by atoms with Crippen molar-refractivity contribution < 1.29 is 17.9 Å². The summed E-state index contributed by atoms with van der Waals surface area (Å²) in [7, 11) is 1.56. The predicted molar refractivity (Wildman–Crippen MR) is 90.2 cm³/mol. The van der Waals surface area contributed by atoms with Gasteiger partial charge in [-0.1, -0.05) is 12.1 Å². The summed E-state index contributed by atoms with van der Waals surface area (Å²) in [6.07, 6.45) is -4.61. The van der Waals surface area contributed by atoms with Crippen molar-refractivity contribution in [3.8, 4) is 5.75 Å². The maximum absolute atomic E-state index is 13.2. The first kappa shape index (κ1) is 17.0. The fourth-order valence-corrected chi connectivity index (χ4v) is 2.61. The van der Waals surface area contributed by atoms with Crippen LogP contribution in [0.3, 0.4) is 0 Å². The zero-order valence-corrected chi connectivity index (χ0v) is 13.7. The third-order valence-corrected chi connectivity index (χ3v) is 3.79. The van der Waals surface area contributed by atoms with E-state index in [9.17, 15) is 13.2 Å². The van der Waals surface area contributed by atoms with E-state index in [2.05, 4.69) is 9.97 Å². The third kappa shape index (κ3) is 3.35. The lowest BCUT2D eigenvalue weighted by atomic mass is 10.2. The van der Waals surface area contributed by atoms with Crippen molar-refractivity contribution in [2.45, 2.75) is 13.1 Å². The van der Waals surface area contributed by atoms with Crippen LogP contribution in [0.15, 0.2) is 48.5 Å². The highest BCUT2D eigenvalue weighted by Gasteiger charge is 2.36. The predicted octanol–water partition coefficient (Wildman–Crippen LogP) is 4.82. The number of hydrogen-bond acceptors (Lipinski definition) is 4. The summed E-state index contributed by atoms with van der Waals surface area (Å²) in [5.41, 5.74) is 0.979. The van der Waals surface area contributed by atoms with E-state index in [0.29, 0.717) is 17.7 Å². The van der Waals surface area contributed by atoms with Crippen molar-refractivity contribution in [1.82, 2.24) is 9.97 Å². The summed E-state index contributed by atoms with van der Waals surface area (Å²) >= 11 is 0. The number of ether oxygens (including phenoxy) is 1. The molecular weight excluding hydrogens is 331 g/mol. The van der Waals surface area contributed by atoms with Crippen LogP contribution in [0.1, 0.15) is 12.7 Å². The molecule has 2 aromatic carbocycles. The van der Waals surface area contributed by atoms with Crippen molar-refractivity contribution >= 4 is 22.4 Å². The smallest absolute Gasteiger partial charge is 0.451 e. The lowest BCUT2D eigenvalue weighted by Gasteiger charge is -2.24. The monoisotopic (exact) mass is 347 g/mol. The van der Waals surface area contributed by atoms with Crippen molar-refractivity contribution in [2.75, 3.05) is 18.6 Å². The normalized spacial score (nSPS) is 11.6. The number of anilines is 2. The summed E-state index contributed by atoms with van der Waals surface area (Å²) in [4.78, 5) is 9.20. The number of aromatic nitrogens is 2. The van der Waals surface area contributed by atoms with E-state index in [1.165, 1.54) is 0 Å². The van der Waals surface area contributed by atoms with Crippen LogP contribution >= 0.6 is 0 Å². The second kappa shape index (κ2) is 6.58. The molecule has 0 fully saturated rings. The van der Waals surface area contributed by atoms with E-state index in [1.54, 1.807) is 60.5 Å². The van der Waals surface area contributed by atoms with Gasteiger partial charge in [0.15, 0.2) is 0 Å². The molecule has 3 aromatic rings. The van der Waals surface area contributed by atoms with Crippen LogP contribution in [-0.4, -0.2) is 23.6 Å². The van der Waals surface area contributed by atoms with Gasteiger partial charge < -0.3 is 9.64 Å². The number of fused-ring (bicyclic) bond motifs is 1. The number of alkyl halides is 3. The Morgan fingerprint density at radius 2 is 1.68 bits per heavy atom. The molecule has 0 bridgehead atoms. The molecule has 4 nitrogen and oxygen atoms in total. The van der Waals surface area contributed by atoms with Crippen LogP contribution in [0.2, 0.25) is 0 Å². The highest BCUT2D eigenvalue weighted by molar-refractivity contribution is 5.91. The minimum atomic E-state index is -4.61. The van der Waals surface area contributed by atoms with Crippen molar-refractivity contribution in [2.24, 2.45) is 0 Å². The van der Waals surface area contributed by atoms with Gasteiger partial charge in [0.2, 0.25) is 5.82 Å². The lowest BCUT2D eigenvalue weighted by Crippen LogP contribution is -2.21. The maximum Gasteiger partial charge on any atom is 0.451 e. The van der Waals surface area contributed by atoms with Gasteiger partial charge in [0.25, 0.3) is 0 Å². The van der Waals surface area contributed by atoms with Gasteiger partial charge in [0, 0.05) is 17.6 Å². The molecule has 0 spiro atoms. The first-order chi connectivity index (χ1) is 11.9. The summed E-state index contributed by atoms with van der Waals surface area (Å²) in [6, 6.07) is 13.8. The molecule has 0 aliphatic rings. The first-order valence-corrected chi connectivity index (χ1v) is 7.69. The summed E-state index contributed by atoms with van der Waals surface area (Å²) < 4.78 is 44.7. The molecule has 0 radical (unpaired) electrons. The molecule has 7 heteroatoms. The number of methoxy groups -OCH3 is 1. The third-order valence-electron chi connectivity index (χ3n) is 3.79. The van der Waals surface area contributed by atoms with E-state index >= 15 is 0 Å². The Morgan fingerprint density at radius 1 is 1.00 bits per heavy atom. The van der Waals surface area contributed by atoms with Crippen LogP contribution in [0.25, 0.3) is 10.9 Å². The topological polar surface area (TPSA) is 38.2 Å². The Bertz CT molecular complexity index is 879. The number of halogens is 3. The highest BCUT2D eigenvalue weighted by Crippen LogP contribution is 2.34. The molecule has 0 amide bonds. The summed E-state index contributed by atoms with van der Waals surface area (Å²) in [5.74, 6) is -0.248. The number of benzene rings is 2. The molecule has 0 saturated carbocycles. The Hall–Kier alpha value is -2.83. The molecule has 1 heterocycles. The zero-order chi connectivity index (χ0) is 18.0. The number of rotatable bonds is 4. The molecule has 0 atom stereocenters. The van der Waals surface area contributed by atoms with Gasteiger partial charge in [-0.2, -0.15) is 13.2 Å². The lowest BCUT2D eigenvalue weighted by molar-refractivity contribution is -0.144. The number of para-hydroxylation sites is 1. The molecule has 1 aromatic heterocycles. The van der Waals surface area contributed by atoms with Crippen LogP contribution in [-0.2, 0) is 6.18 Å². The van der Waals surface area contributed by atoms with Gasteiger partial charge in [0.1, 0.15) is 11.6 Å². The Kier molecular flexibility index (Phi) is 4.48. The van der Waals surface area contributed by atoms with E-state index in [1.807, 2.05) is 6.92 Å². The minimum absolute atomic E-state index is 0.227. The van der Waals surface area contributed by atoms with E-state index in [-0.39, 0.29) is 11.3 Å². The SMILES string of the molecule is CCN(c1ccc(OC)cc1)c1nc(C(F)(F)F)nc2ccccc12. The average molecular weight is 347 g/mol. The minimum Gasteiger partial charge on any atom is -0.497 e. The Labute approximate surface area is 142 Å². The molecule has 130 valence electrons. The van der Waals surface area contributed by atoms with E-state index < -0.39 is 12.0 Å². The summed E-state index contributed by atoms with van der Waals surface area (Å²) in [5, 5.41) is 0.563. The standard InChI is InChI=1S/C18H16F3N3O/c1-3-24(12-8-10-13(25-2)11-9-12)16-14-6-4-5-7-15(14)22-17(23-16)18(19,20)21/h4-11H,3H2,1-2H3. The Balaban J connectivity index is 2.19. The van der Waals surface area contributed by atoms with Crippen molar-refractivity contribution in [1.29, 1.82) is 0 Å². The van der Waals surface area contributed by atoms with Crippen LogP contribution in [0.5, 0.6) is 5.75 Å². The van der Waals surface area contributed by atoms with Gasteiger partial charge in [-0.3, -0.25) is 0 Å². The van der Waals surface area contributed by atoms with E-state index in [0.717, 1.165) is 5.69 Å². The van der Waals surface area contributed by atoms with Gasteiger partial charge in [0.05, 0.1) is 12.6 Å². The molecule has 0 N–H and O–H groups in total. The quantitative estimate of drug-likeness (QED) is 0.678. The van der Waals surface area contributed by atoms with Crippen LogP contribution in [0, 0.1) is 0 Å². The number of nitrogens with zero attached hydrogens (tertiary/aromatic N) is 3. The van der Waals surface area contributed by atoms with Gasteiger partial charge in [-0.05, 0) is 43.3 Å². The summed E-state index contributed by atoms with van der Waals surface area (Å²) in [6.45, 7) is 2.30. The zero-order valence-electron chi connectivity index (χ0n) is 13.7. The molecule has 3 rings (SSSR count).